The molecule has 0 aromatic heterocycles. The normalized spacial score (nSPS) is 19.7. The number of nitrogens with zero attached hydrogens (tertiary/aromatic N) is 1. The summed E-state index contributed by atoms with van der Waals surface area (Å²) < 4.78 is 24.6. The van der Waals surface area contributed by atoms with Gasteiger partial charge in [0, 0.05) is 17.0 Å². The summed E-state index contributed by atoms with van der Waals surface area (Å²) in [6, 6.07) is 6.74. The third-order valence-electron chi connectivity index (χ3n) is 4.94. The van der Waals surface area contributed by atoms with Crippen molar-refractivity contribution in [2.45, 2.75) is 43.0 Å². The molecule has 0 radical (unpaired) electrons. The van der Waals surface area contributed by atoms with E-state index >= 15 is 0 Å². The lowest BCUT2D eigenvalue weighted by molar-refractivity contribution is -0.126. The fraction of sp³-hybridized carbons (Fsp3) is 0.611. The first-order valence-electron chi connectivity index (χ1n) is 8.95. The zero-order chi connectivity index (χ0) is 17.9. The average molecular weight is 385 g/mol. The minimum absolute atomic E-state index is 0.120. The minimum Gasteiger partial charge on any atom is -0.353 e. The Morgan fingerprint density at radius 2 is 1.76 bits per heavy atom. The SMILES string of the molecule is O=C(NC1CC1)C1CCN(CCCS(=O)(=O)c2ccc(Cl)cc2)CC1. The number of piperidine rings is 1. The van der Waals surface area contributed by atoms with Crippen molar-refractivity contribution in [3.63, 3.8) is 0 Å². The molecule has 2 aliphatic rings. The van der Waals surface area contributed by atoms with E-state index in [0.29, 0.717) is 22.4 Å². The number of carbonyl (C=O) groups is 1. The van der Waals surface area contributed by atoms with Crippen LogP contribution >= 0.6 is 11.6 Å². The van der Waals surface area contributed by atoms with E-state index in [9.17, 15) is 13.2 Å². The number of hydrogen-bond donors (Lipinski definition) is 1. The lowest BCUT2D eigenvalue weighted by Gasteiger charge is -2.31. The first-order valence-corrected chi connectivity index (χ1v) is 11.0. The number of sulfone groups is 1. The van der Waals surface area contributed by atoms with Crippen molar-refractivity contribution in [1.29, 1.82) is 0 Å². The average Bonchev–Trinajstić information content (AvgIpc) is 3.39. The number of rotatable bonds is 7. The second kappa shape index (κ2) is 8.06. The fourth-order valence-corrected chi connectivity index (χ4v) is 4.63. The van der Waals surface area contributed by atoms with E-state index in [1.807, 2.05) is 0 Å². The molecule has 5 nitrogen and oxygen atoms in total. The zero-order valence-corrected chi connectivity index (χ0v) is 15.9. The van der Waals surface area contributed by atoms with Crippen LogP contribution in [0.5, 0.6) is 0 Å². The molecule has 1 amide bonds. The first-order chi connectivity index (χ1) is 11.9. The molecule has 1 heterocycles. The highest BCUT2D eigenvalue weighted by Crippen LogP contribution is 2.23. The molecule has 25 heavy (non-hydrogen) atoms. The van der Waals surface area contributed by atoms with E-state index in [2.05, 4.69) is 10.2 Å². The molecule has 7 heteroatoms. The molecule has 1 aliphatic carbocycles. The summed E-state index contributed by atoms with van der Waals surface area (Å²) in [5.74, 6) is 0.457. The van der Waals surface area contributed by atoms with Gasteiger partial charge in [-0.1, -0.05) is 11.6 Å². The summed E-state index contributed by atoms with van der Waals surface area (Å²) in [5.41, 5.74) is 0. The van der Waals surface area contributed by atoms with Gasteiger partial charge in [0.25, 0.3) is 0 Å². The smallest absolute Gasteiger partial charge is 0.223 e. The van der Waals surface area contributed by atoms with Crippen molar-refractivity contribution in [2.24, 2.45) is 5.92 Å². The molecule has 0 bridgehead atoms. The van der Waals surface area contributed by atoms with Crippen molar-refractivity contribution in [2.75, 3.05) is 25.4 Å². The third kappa shape index (κ3) is 5.43. The standard InChI is InChI=1S/C18H25ClN2O3S/c19-15-2-6-17(7-3-15)25(23,24)13-1-10-21-11-8-14(9-12-21)18(22)20-16-4-5-16/h2-3,6-7,14,16H,1,4-5,8-13H2,(H,20,22). The zero-order valence-electron chi connectivity index (χ0n) is 14.3. The molecule has 0 atom stereocenters. The van der Waals surface area contributed by atoms with Crippen LogP contribution in [-0.4, -0.2) is 50.7 Å². The molecular formula is C18H25ClN2O3S. The maximum absolute atomic E-state index is 12.3. The van der Waals surface area contributed by atoms with Gasteiger partial charge in [-0.05, 0) is 76.0 Å². The molecule has 0 unspecified atom stereocenters. The minimum atomic E-state index is -3.26. The van der Waals surface area contributed by atoms with Crippen LogP contribution < -0.4 is 5.32 Å². The summed E-state index contributed by atoms with van der Waals surface area (Å²) in [4.78, 5) is 14.7. The lowest BCUT2D eigenvalue weighted by atomic mass is 9.96. The van der Waals surface area contributed by atoms with Gasteiger partial charge in [-0.2, -0.15) is 0 Å². The number of hydrogen-bond acceptors (Lipinski definition) is 4. The van der Waals surface area contributed by atoms with Gasteiger partial charge in [0.2, 0.25) is 5.91 Å². The van der Waals surface area contributed by atoms with Crippen molar-refractivity contribution in [3.05, 3.63) is 29.3 Å². The molecule has 0 spiro atoms. The van der Waals surface area contributed by atoms with Gasteiger partial charge in [-0.15, -0.1) is 0 Å². The molecule has 1 aliphatic heterocycles. The Bertz CT molecular complexity index is 694. The van der Waals surface area contributed by atoms with Gasteiger partial charge >= 0.3 is 0 Å². The van der Waals surface area contributed by atoms with Crippen molar-refractivity contribution in [3.8, 4) is 0 Å². The Labute approximate surface area is 154 Å². The number of benzene rings is 1. The van der Waals surface area contributed by atoms with Crippen molar-refractivity contribution in [1.82, 2.24) is 10.2 Å². The largest absolute Gasteiger partial charge is 0.353 e. The Hall–Kier alpha value is -1.11. The second-order valence-corrected chi connectivity index (χ2v) is 9.57. The quantitative estimate of drug-likeness (QED) is 0.784. The van der Waals surface area contributed by atoms with Crippen LogP contribution in [0.2, 0.25) is 5.02 Å². The summed E-state index contributed by atoms with van der Waals surface area (Å²) in [6.45, 7) is 2.48. The maximum Gasteiger partial charge on any atom is 0.223 e. The van der Waals surface area contributed by atoms with E-state index in [0.717, 1.165) is 45.3 Å². The van der Waals surface area contributed by atoms with Crippen LogP contribution in [0.3, 0.4) is 0 Å². The Balaban J connectivity index is 1.39. The van der Waals surface area contributed by atoms with Gasteiger partial charge in [-0.3, -0.25) is 4.79 Å². The van der Waals surface area contributed by atoms with E-state index in [1.54, 1.807) is 24.3 Å². The summed E-state index contributed by atoms with van der Waals surface area (Å²) in [6.07, 6.45) is 4.56. The van der Waals surface area contributed by atoms with Gasteiger partial charge in [0.1, 0.15) is 0 Å². The molecule has 2 fully saturated rings. The predicted molar refractivity (Wildman–Crippen MR) is 98.5 cm³/mol. The van der Waals surface area contributed by atoms with Gasteiger partial charge in [0.05, 0.1) is 10.6 Å². The fourth-order valence-electron chi connectivity index (χ4n) is 3.20. The molecule has 1 aromatic carbocycles. The van der Waals surface area contributed by atoms with Gasteiger partial charge < -0.3 is 10.2 Å². The number of likely N-dealkylation sites (tertiary alicyclic amines) is 1. The van der Waals surface area contributed by atoms with E-state index in [1.165, 1.54) is 0 Å². The molecule has 138 valence electrons. The highest BCUT2D eigenvalue weighted by Gasteiger charge is 2.29. The molecule has 1 saturated carbocycles. The van der Waals surface area contributed by atoms with Crippen LogP contribution in [0.15, 0.2) is 29.2 Å². The van der Waals surface area contributed by atoms with Crippen LogP contribution in [0.4, 0.5) is 0 Å². The predicted octanol–water partition coefficient (Wildman–Crippen LogP) is 2.49. The van der Waals surface area contributed by atoms with Crippen LogP contribution in [0.25, 0.3) is 0 Å². The highest BCUT2D eigenvalue weighted by atomic mass is 35.5. The van der Waals surface area contributed by atoms with Gasteiger partial charge in [0.15, 0.2) is 9.84 Å². The molecule has 1 aromatic rings. The Morgan fingerprint density at radius 1 is 1.12 bits per heavy atom. The van der Waals surface area contributed by atoms with E-state index in [4.69, 9.17) is 11.6 Å². The second-order valence-electron chi connectivity index (χ2n) is 7.03. The van der Waals surface area contributed by atoms with Crippen molar-refractivity contribution >= 4 is 27.3 Å². The first kappa shape index (κ1) is 18.7. The van der Waals surface area contributed by atoms with Crippen LogP contribution in [-0.2, 0) is 14.6 Å². The van der Waals surface area contributed by atoms with E-state index < -0.39 is 9.84 Å². The summed E-state index contributed by atoms with van der Waals surface area (Å²) >= 11 is 5.80. The lowest BCUT2D eigenvalue weighted by Crippen LogP contribution is -2.41. The summed E-state index contributed by atoms with van der Waals surface area (Å²) in [5, 5.41) is 3.61. The van der Waals surface area contributed by atoms with Gasteiger partial charge in [-0.25, -0.2) is 8.42 Å². The number of nitrogens with one attached hydrogen (secondary N) is 1. The highest BCUT2D eigenvalue weighted by molar-refractivity contribution is 7.91. The molecule has 1 saturated heterocycles. The molecule has 3 rings (SSSR count). The van der Waals surface area contributed by atoms with Crippen LogP contribution in [0, 0.1) is 5.92 Å². The number of halogens is 1. The number of amides is 1. The maximum atomic E-state index is 12.3. The van der Waals surface area contributed by atoms with Crippen molar-refractivity contribution < 1.29 is 13.2 Å². The Morgan fingerprint density at radius 3 is 2.36 bits per heavy atom. The summed E-state index contributed by atoms with van der Waals surface area (Å²) in [7, 11) is -3.26. The Kier molecular flexibility index (Phi) is 6.02. The van der Waals surface area contributed by atoms with Crippen LogP contribution in [0.1, 0.15) is 32.1 Å². The third-order valence-corrected chi connectivity index (χ3v) is 7.01. The topological polar surface area (TPSA) is 66.5 Å². The molecular weight excluding hydrogens is 360 g/mol. The monoisotopic (exact) mass is 384 g/mol. The number of carbonyl (C=O) groups excluding carboxylic acids is 1. The molecule has 1 N–H and O–H groups in total. The van der Waals surface area contributed by atoms with E-state index in [-0.39, 0.29) is 17.6 Å².